The van der Waals surface area contributed by atoms with Crippen LogP contribution in [0.15, 0.2) is 0 Å². The maximum atomic E-state index is 11.2. The lowest BCUT2D eigenvalue weighted by atomic mass is 10.1. The van der Waals surface area contributed by atoms with E-state index in [1.165, 1.54) is 7.11 Å². The summed E-state index contributed by atoms with van der Waals surface area (Å²) in [7, 11) is 1.50. The molecule has 18 heavy (non-hydrogen) atoms. The van der Waals surface area contributed by atoms with Crippen molar-refractivity contribution < 1.29 is 14.3 Å². The van der Waals surface area contributed by atoms with Crippen molar-refractivity contribution in [2.24, 2.45) is 5.92 Å². The van der Waals surface area contributed by atoms with Crippen LogP contribution in [0, 0.1) is 5.92 Å². The van der Waals surface area contributed by atoms with Gasteiger partial charge in [-0.1, -0.05) is 26.7 Å². The van der Waals surface area contributed by atoms with Crippen molar-refractivity contribution in [1.29, 1.82) is 0 Å². The summed E-state index contributed by atoms with van der Waals surface area (Å²) < 4.78 is 4.70. The van der Waals surface area contributed by atoms with E-state index in [0.29, 0.717) is 6.54 Å². The summed E-state index contributed by atoms with van der Waals surface area (Å²) in [5.74, 6) is 0.101. The Hall–Kier alpha value is -1.10. The molecule has 0 radical (unpaired) electrons. The maximum absolute atomic E-state index is 11.2. The largest absolute Gasteiger partial charge is 0.375 e. The van der Waals surface area contributed by atoms with Gasteiger partial charge in [0.05, 0.1) is 0 Å². The summed E-state index contributed by atoms with van der Waals surface area (Å²) >= 11 is 0. The third kappa shape index (κ3) is 10.1. The summed E-state index contributed by atoms with van der Waals surface area (Å²) in [6.07, 6.45) is 4.08. The second-order valence-electron chi connectivity index (χ2n) is 4.64. The van der Waals surface area contributed by atoms with Gasteiger partial charge in [-0.25, -0.2) is 0 Å². The van der Waals surface area contributed by atoms with Crippen molar-refractivity contribution in [1.82, 2.24) is 10.6 Å². The molecular formula is C13H26N2O3. The Morgan fingerprint density at radius 1 is 1.00 bits per heavy atom. The number of methoxy groups -OCH3 is 1. The van der Waals surface area contributed by atoms with Gasteiger partial charge >= 0.3 is 0 Å². The Kier molecular flexibility index (Phi) is 10.3. The van der Waals surface area contributed by atoms with Crippen molar-refractivity contribution in [2.45, 2.75) is 39.5 Å². The van der Waals surface area contributed by atoms with E-state index in [9.17, 15) is 9.59 Å². The zero-order valence-corrected chi connectivity index (χ0v) is 11.8. The Balaban J connectivity index is 3.21. The summed E-state index contributed by atoms with van der Waals surface area (Å²) in [6.45, 7) is 5.34. The van der Waals surface area contributed by atoms with E-state index in [2.05, 4.69) is 10.6 Å². The Labute approximate surface area is 110 Å². The normalized spacial score (nSPS) is 10.4. The average Bonchev–Trinajstić information content (AvgIpc) is 2.32. The average molecular weight is 258 g/mol. The molecule has 0 aliphatic carbocycles. The zero-order valence-electron chi connectivity index (χ0n) is 11.8. The van der Waals surface area contributed by atoms with E-state index in [0.717, 1.165) is 32.2 Å². The van der Waals surface area contributed by atoms with Crippen LogP contribution in [0.5, 0.6) is 0 Å². The van der Waals surface area contributed by atoms with E-state index < -0.39 is 0 Å². The van der Waals surface area contributed by atoms with Gasteiger partial charge in [-0.15, -0.1) is 0 Å². The number of hydrogen-bond donors (Lipinski definition) is 2. The lowest BCUT2D eigenvalue weighted by molar-refractivity contribution is -0.125. The molecule has 106 valence electrons. The van der Waals surface area contributed by atoms with Gasteiger partial charge in [-0.3, -0.25) is 9.59 Å². The molecule has 0 rings (SSSR count). The van der Waals surface area contributed by atoms with Gasteiger partial charge in [0.2, 0.25) is 11.8 Å². The van der Waals surface area contributed by atoms with Crippen LogP contribution < -0.4 is 10.6 Å². The molecule has 0 heterocycles. The van der Waals surface area contributed by atoms with Crippen LogP contribution in [0.4, 0.5) is 0 Å². The molecule has 0 saturated carbocycles. The maximum Gasteiger partial charge on any atom is 0.245 e. The van der Waals surface area contributed by atoms with Crippen LogP contribution in [-0.4, -0.2) is 38.6 Å². The van der Waals surface area contributed by atoms with E-state index in [-0.39, 0.29) is 24.3 Å². The van der Waals surface area contributed by atoms with Crippen LogP contribution in [0.25, 0.3) is 0 Å². The van der Waals surface area contributed by atoms with Gasteiger partial charge in [-0.05, 0) is 12.8 Å². The van der Waals surface area contributed by atoms with Crippen LogP contribution in [0.1, 0.15) is 39.5 Å². The first-order chi connectivity index (χ1) is 8.57. The third-order valence-corrected chi connectivity index (χ3v) is 2.52. The smallest absolute Gasteiger partial charge is 0.245 e. The molecule has 2 amide bonds. The highest BCUT2D eigenvalue weighted by Crippen LogP contribution is 1.98. The summed E-state index contributed by atoms with van der Waals surface area (Å²) in [5.41, 5.74) is 0. The summed E-state index contributed by atoms with van der Waals surface area (Å²) in [4.78, 5) is 22.3. The van der Waals surface area contributed by atoms with Crippen molar-refractivity contribution in [2.75, 3.05) is 26.8 Å². The van der Waals surface area contributed by atoms with Crippen LogP contribution in [-0.2, 0) is 14.3 Å². The van der Waals surface area contributed by atoms with Crippen LogP contribution in [0.3, 0.4) is 0 Å². The van der Waals surface area contributed by atoms with Gasteiger partial charge in [0, 0.05) is 26.1 Å². The highest BCUT2D eigenvalue weighted by atomic mass is 16.5. The van der Waals surface area contributed by atoms with Crippen molar-refractivity contribution in [3.05, 3.63) is 0 Å². The monoisotopic (exact) mass is 258 g/mol. The number of rotatable bonds is 10. The standard InChI is InChI=1S/C13H26N2O3/c1-11(2)13(17)15-9-7-5-4-6-8-14-12(16)10-18-3/h11H,4-10H2,1-3H3,(H,14,16)(H,15,17). The summed E-state index contributed by atoms with van der Waals surface area (Å²) in [6, 6.07) is 0. The third-order valence-electron chi connectivity index (χ3n) is 2.52. The first-order valence-corrected chi connectivity index (χ1v) is 6.61. The molecule has 0 fully saturated rings. The van der Waals surface area contributed by atoms with Gasteiger partial charge < -0.3 is 15.4 Å². The van der Waals surface area contributed by atoms with Gasteiger partial charge in [-0.2, -0.15) is 0 Å². The fraction of sp³-hybridized carbons (Fsp3) is 0.846. The number of hydrogen-bond acceptors (Lipinski definition) is 3. The van der Waals surface area contributed by atoms with E-state index >= 15 is 0 Å². The molecule has 0 bridgehead atoms. The van der Waals surface area contributed by atoms with Gasteiger partial charge in [0.25, 0.3) is 0 Å². The minimum absolute atomic E-state index is 0.0565. The molecule has 0 aliphatic rings. The number of amides is 2. The SMILES string of the molecule is COCC(=O)NCCCCCCNC(=O)C(C)C. The fourth-order valence-corrected chi connectivity index (χ4v) is 1.43. The highest BCUT2D eigenvalue weighted by molar-refractivity contribution is 5.77. The summed E-state index contributed by atoms with van der Waals surface area (Å²) in [5, 5.41) is 5.66. The molecular weight excluding hydrogens is 232 g/mol. The van der Waals surface area contributed by atoms with Crippen LogP contribution >= 0.6 is 0 Å². The first-order valence-electron chi connectivity index (χ1n) is 6.61. The Morgan fingerprint density at radius 3 is 2.06 bits per heavy atom. The molecule has 0 atom stereocenters. The molecule has 0 aliphatic heterocycles. The van der Waals surface area contributed by atoms with E-state index in [1.807, 2.05) is 13.8 Å². The number of unbranched alkanes of at least 4 members (excludes halogenated alkanes) is 3. The van der Waals surface area contributed by atoms with Crippen molar-refractivity contribution in [3.63, 3.8) is 0 Å². The predicted molar refractivity (Wildman–Crippen MR) is 71.2 cm³/mol. The molecule has 0 saturated heterocycles. The first kappa shape index (κ1) is 16.9. The van der Waals surface area contributed by atoms with Gasteiger partial charge in [0.1, 0.15) is 6.61 Å². The highest BCUT2D eigenvalue weighted by Gasteiger charge is 2.04. The number of nitrogens with one attached hydrogen (secondary N) is 2. The topological polar surface area (TPSA) is 67.4 Å². The number of carbonyl (C=O) groups excluding carboxylic acids is 2. The minimum Gasteiger partial charge on any atom is -0.375 e. The lowest BCUT2D eigenvalue weighted by Gasteiger charge is -2.07. The minimum atomic E-state index is -0.0679. The zero-order chi connectivity index (χ0) is 13.8. The Bertz CT molecular complexity index is 242. The molecule has 5 heteroatoms. The molecule has 5 nitrogen and oxygen atoms in total. The molecule has 2 N–H and O–H groups in total. The predicted octanol–water partition coefficient (Wildman–Crippen LogP) is 1.08. The fourth-order valence-electron chi connectivity index (χ4n) is 1.43. The molecule has 0 aromatic rings. The second kappa shape index (κ2) is 11.0. The van der Waals surface area contributed by atoms with Crippen molar-refractivity contribution >= 4 is 11.8 Å². The molecule has 0 aromatic heterocycles. The van der Waals surface area contributed by atoms with Gasteiger partial charge in [0.15, 0.2) is 0 Å². The lowest BCUT2D eigenvalue weighted by Crippen LogP contribution is -2.28. The van der Waals surface area contributed by atoms with Crippen molar-refractivity contribution in [3.8, 4) is 0 Å². The second-order valence-corrected chi connectivity index (χ2v) is 4.64. The van der Waals surface area contributed by atoms with E-state index in [1.54, 1.807) is 0 Å². The molecule has 0 spiro atoms. The number of carbonyl (C=O) groups is 2. The molecule has 0 aromatic carbocycles. The number of ether oxygens (including phenoxy) is 1. The Morgan fingerprint density at radius 2 is 1.56 bits per heavy atom. The molecule has 0 unspecified atom stereocenters. The quantitative estimate of drug-likeness (QED) is 0.576. The van der Waals surface area contributed by atoms with E-state index in [4.69, 9.17) is 4.74 Å². The van der Waals surface area contributed by atoms with Crippen LogP contribution in [0.2, 0.25) is 0 Å².